The van der Waals surface area contributed by atoms with Gasteiger partial charge in [-0.15, -0.1) is 0 Å². The first kappa shape index (κ1) is 22.0. The molecular weight excluding hydrogens is 396 g/mol. The number of benzene rings is 2. The van der Waals surface area contributed by atoms with E-state index in [1.54, 1.807) is 18.2 Å². The standard InChI is InChI=1S/C23H26N4O4/c1-14(2)16-5-7-17(8-6-16)23-26-22(31-27-23)12-11-21(29)25-18-9-10-20(30-4)19(13-18)24-15(3)28/h5-10,13-14H,11-12H2,1-4H3,(H,24,28)(H,25,29). The number of nitrogens with one attached hydrogen (secondary N) is 2. The van der Waals surface area contributed by atoms with Gasteiger partial charge in [0.05, 0.1) is 12.8 Å². The van der Waals surface area contributed by atoms with Crippen LogP contribution < -0.4 is 15.4 Å². The van der Waals surface area contributed by atoms with E-state index in [4.69, 9.17) is 9.26 Å². The topological polar surface area (TPSA) is 106 Å². The van der Waals surface area contributed by atoms with Crippen molar-refractivity contribution >= 4 is 23.2 Å². The third kappa shape index (κ3) is 5.91. The molecule has 0 atom stereocenters. The summed E-state index contributed by atoms with van der Waals surface area (Å²) >= 11 is 0. The molecule has 2 amide bonds. The molecule has 2 aromatic carbocycles. The summed E-state index contributed by atoms with van der Waals surface area (Å²) in [6, 6.07) is 13.0. The molecule has 0 saturated carbocycles. The van der Waals surface area contributed by atoms with Gasteiger partial charge in [0.2, 0.25) is 23.5 Å². The van der Waals surface area contributed by atoms with Gasteiger partial charge in [0.1, 0.15) is 5.75 Å². The zero-order valence-corrected chi connectivity index (χ0v) is 18.1. The molecule has 8 nitrogen and oxygen atoms in total. The van der Waals surface area contributed by atoms with Crippen LogP contribution in [0, 0.1) is 0 Å². The molecule has 0 bridgehead atoms. The molecular formula is C23H26N4O4. The monoisotopic (exact) mass is 422 g/mol. The Morgan fingerprint density at radius 3 is 2.48 bits per heavy atom. The number of aromatic nitrogens is 2. The van der Waals surface area contributed by atoms with Crippen LogP contribution in [0.5, 0.6) is 5.75 Å². The second-order valence-corrected chi connectivity index (χ2v) is 7.43. The quantitative estimate of drug-likeness (QED) is 0.557. The predicted molar refractivity (Wildman–Crippen MR) is 118 cm³/mol. The fraction of sp³-hybridized carbons (Fsp3) is 0.304. The highest BCUT2D eigenvalue weighted by Gasteiger charge is 2.13. The van der Waals surface area contributed by atoms with Gasteiger partial charge >= 0.3 is 0 Å². The summed E-state index contributed by atoms with van der Waals surface area (Å²) in [6.07, 6.45) is 0.493. The molecule has 2 N–H and O–H groups in total. The van der Waals surface area contributed by atoms with Crippen LogP contribution in [-0.2, 0) is 16.0 Å². The first-order chi connectivity index (χ1) is 14.9. The lowest BCUT2D eigenvalue weighted by Gasteiger charge is -2.11. The Bertz CT molecular complexity index is 1060. The maximum Gasteiger partial charge on any atom is 0.227 e. The number of hydrogen-bond acceptors (Lipinski definition) is 6. The van der Waals surface area contributed by atoms with Gasteiger partial charge in [-0.3, -0.25) is 9.59 Å². The fourth-order valence-electron chi connectivity index (χ4n) is 3.01. The van der Waals surface area contributed by atoms with Crippen LogP contribution in [0.2, 0.25) is 0 Å². The van der Waals surface area contributed by atoms with Crippen molar-refractivity contribution in [3.63, 3.8) is 0 Å². The number of hydrogen-bond donors (Lipinski definition) is 2. The molecule has 0 aliphatic rings. The van der Waals surface area contributed by atoms with Crippen LogP contribution in [0.25, 0.3) is 11.4 Å². The smallest absolute Gasteiger partial charge is 0.227 e. The van der Waals surface area contributed by atoms with Crippen molar-refractivity contribution < 1.29 is 18.8 Å². The molecule has 8 heteroatoms. The van der Waals surface area contributed by atoms with Crippen molar-refractivity contribution in [1.82, 2.24) is 10.1 Å². The highest BCUT2D eigenvalue weighted by Crippen LogP contribution is 2.28. The van der Waals surface area contributed by atoms with Gasteiger partial charge in [0, 0.05) is 31.0 Å². The van der Waals surface area contributed by atoms with Crippen molar-refractivity contribution in [1.29, 1.82) is 0 Å². The van der Waals surface area contributed by atoms with E-state index in [0.717, 1.165) is 5.56 Å². The summed E-state index contributed by atoms with van der Waals surface area (Å²) in [6.45, 7) is 5.68. The average Bonchev–Trinajstić information content (AvgIpc) is 3.21. The molecule has 1 aromatic heterocycles. The zero-order valence-electron chi connectivity index (χ0n) is 18.1. The lowest BCUT2D eigenvalue weighted by Crippen LogP contribution is -2.13. The van der Waals surface area contributed by atoms with Crippen molar-refractivity contribution in [2.75, 3.05) is 17.7 Å². The minimum atomic E-state index is -0.229. The normalized spacial score (nSPS) is 10.7. The SMILES string of the molecule is COc1ccc(NC(=O)CCc2nc(-c3ccc(C(C)C)cc3)no2)cc1NC(C)=O. The van der Waals surface area contributed by atoms with E-state index in [9.17, 15) is 9.59 Å². The fourth-order valence-corrected chi connectivity index (χ4v) is 3.01. The number of nitrogens with zero attached hydrogens (tertiary/aromatic N) is 2. The highest BCUT2D eigenvalue weighted by atomic mass is 16.5. The van der Waals surface area contributed by atoms with Gasteiger partial charge in [0.15, 0.2) is 0 Å². The van der Waals surface area contributed by atoms with Crippen molar-refractivity contribution in [3.8, 4) is 17.1 Å². The molecule has 0 aliphatic carbocycles. The maximum absolute atomic E-state index is 12.3. The number of aryl methyl sites for hydroxylation is 1. The number of ether oxygens (including phenoxy) is 1. The summed E-state index contributed by atoms with van der Waals surface area (Å²) in [7, 11) is 1.51. The van der Waals surface area contributed by atoms with E-state index in [2.05, 4.69) is 34.6 Å². The second-order valence-electron chi connectivity index (χ2n) is 7.43. The Labute approximate surface area is 181 Å². The Balaban J connectivity index is 1.58. The average molecular weight is 422 g/mol. The Hall–Kier alpha value is -3.68. The van der Waals surface area contributed by atoms with Crippen LogP contribution in [0.1, 0.15) is 44.6 Å². The molecule has 3 rings (SSSR count). The molecule has 162 valence electrons. The zero-order chi connectivity index (χ0) is 22.4. The number of carbonyl (C=O) groups excluding carboxylic acids is 2. The van der Waals surface area contributed by atoms with Crippen molar-refractivity contribution in [3.05, 3.63) is 53.9 Å². The molecule has 0 aliphatic heterocycles. The molecule has 0 radical (unpaired) electrons. The predicted octanol–water partition coefficient (Wildman–Crippen LogP) is 4.40. The Kier molecular flexibility index (Phi) is 7.02. The molecule has 0 spiro atoms. The molecule has 0 unspecified atom stereocenters. The van der Waals surface area contributed by atoms with Gasteiger partial charge in [-0.2, -0.15) is 4.98 Å². The lowest BCUT2D eigenvalue weighted by atomic mass is 10.0. The number of amides is 2. The van der Waals surface area contributed by atoms with Crippen molar-refractivity contribution in [2.45, 2.75) is 39.5 Å². The molecule has 0 saturated heterocycles. The van der Waals surface area contributed by atoms with E-state index < -0.39 is 0 Å². The number of carbonyl (C=O) groups is 2. The van der Waals surface area contributed by atoms with Gasteiger partial charge in [-0.1, -0.05) is 43.3 Å². The summed E-state index contributed by atoms with van der Waals surface area (Å²) in [5, 5.41) is 9.48. The Morgan fingerprint density at radius 1 is 1.10 bits per heavy atom. The van der Waals surface area contributed by atoms with E-state index >= 15 is 0 Å². The van der Waals surface area contributed by atoms with E-state index in [0.29, 0.717) is 41.2 Å². The van der Waals surface area contributed by atoms with Gasteiger partial charge in [-0.05, 0) is 29.7 Å². The van der Waals surface area contributed by atoms with Crippen LogP contribution in [-0.4, -0.2) is 29.1 Å². The molecule has 1 heterocycles. The number of methoxy groups -OCH3 is 1. The molecule has 0 fully saturated rings. The van der Waals surface area contributed by atoms with Crippen LogP contribution in [0.3, 0.4) is 0 Å². The third-order valence-electron chi connectivity index (χ3n) is 4.66. The maximum atomic E-state index is 12.3. The molecule has 31 heavy (non-hydrogen) atoms. The summed E-state index contributed by atoms with van der Waals surface area (Å²) < 4.78 is 10.5. The first-order valence-corrected chi connectivity index (χ1v) is 10.0. The summed E-state index contributed by atoms with van der Waals surface area (Å²) in [4.78, 5) is 28.1. The lowest BCUT2D eigenvalue weighted by molar-refractivity contribution is -0.116. The summed E-state index contributed by atoms with van der Waals surface area (Å²) in [5.41, 5.74) is 3.14. The van der Waals surface area contributed by atoms with E-state index in [-0.39, 0.29) is 18.2 Å². The first-order valence-electron chi connectivity index (χ1n) is 10.0. The van der Waals surface area contributed by atoms with Crippen molar-refractivity contribution in [2.24, 2.45) is 0 Å². The van der Waals surface area contributed by atoms with Crippen LogP contribution in [0.4, 0.5) is 11.4 Å². The minimum absolute atomic E-state index is 0.176. The van der Waals surface area contributed by atoms with E-state index in [1.807, 2.05) is 24.3 Å². The van der Waals surface area contributed by atoms with E-state index in [1.165, 1.54) is 19.6 Å². The minimum Gasteiger partial charge on any atom is -0.495 e. The van der Waals surface area contributed by atoms with Gasteiger partial charge in [0.25, 0.3) is 0 Å². The van der Waals surface area contributed by atoms with Crippen LogP contribution >= 0.6 is 0 Å². The Morgan fingerprint density at radius 2 is 1.84 bits per heavy atom. The van der Waals surface area contributed by atoms with Gasteiger partial charge in [-0.25, -0.2) is 0 Å². The summed E-state index contributed by atoms with van der Waals surface area (Å²) in [5.74, 6) is 1.42. The van der Waals surface area contributed by atoms with Gasteiger partial charge < -0.3 is 19.9 Å². The largest absolute Gasteiger partial charge is 0.495 e. The van der Waals surface area contributed by atoms with Crippen LogP contribution in [0.15, 0.2) is 47.0 Å². The number of rotatable bonds is 8. The third-order valence-corrected chi connectivity index (χ3v) is 4.66. The molecule has 3 aromatic rings. The second kappa shape index (κ2) is 9.88. The highest BCUT2D eigenvalue weighted by molar-refractivity contribution is 5.94. The number of anilines is 2.